The van der Waals surface area contributed by atoms with Gasteiger partial charge in [-0.25, -0.2) is 0 Å². The number of aromatic hydroxyl groups is 1. The molecule has 1 aliphatic rings. The first kappa shape index (κ1) is 14.2. The van der Waals surface area contributed by atoms with E-state index in [4.69, 9.17) is 0 Å². The van der Waals surface area contributed by atoms with E-state index >= 15 is 0 Å². The normalized spacial score (nSPS) is 15.9. The van der Waals surface area contributed by atoms with Crippen LogP contribution in [0.2, 0.25) is 0 Å². The van der Waals surface area contributed by atoms with Gasteiger partial charge in [0.1, 0.15) is 0 Å². The van der Waals surface area contributed by atoms with Crippen LogP contribution in [0.3, 0.4) is 0 Å². The zero-order valence-electron chi connectivity index (χ0n) is 11.8. The molecule has 2 aromatic rings. The zero-order valence-corrected chi connectivity index (χ0v) is 12.6. The van der Waals surface area contributed by atoms with Crippen molar-refractivity contribution in [1.29, 1.82) is 0 Å². The Hall–Kier alpha value is -1.79. The highest BCUT2D eigenvalue weighted by molar-refractivity contribution is 7.09. The Morgan fingerprint density at radius 3 is 2.90 bits per heavy atom. The molecule has 1 aromatic carbocycles. The highest BCUT2D eigenvalue weighted by atomic mass is 32.1. The van der Waals surface area contributed by atoms with Crippen LogP contribution in [-0.4, -0.2) is 36.3 Å². The van der Waals surface area contributed by atoms with Gasteiger partial charge < -0.3 is 15.3 Å². The minimum atomic E-state index is -0.209. The topological polar surface area (TPSA) is 68.4 Å². The third-order valence-electron chi connectivity index (χ3n) is 3.72. The number of anilines is 1. The Morgan fingerprint density at radius 1 is 1.24 bits per heavy atom. The van der Waals surface area contributed by atoms with E-state index in [1.54, 1.807) is 0 Å². The molecule has 0 saturated carbocycles. The Bertz CT molecular complexity index is 657. The molecule has 6 heteroatoms. The van der Waals surface area contributed by atoms with Crippen LogP contribution in [-0.2, 0) is 6.42 Å². The summed E-state index contributed by atoms with van der Waals surface area (Å²) in [5.74, 6) is -0.00247. The number of aromatic amines is 1. The number of benzene rings is 1. The van der Waals surface area contributed by atoms with Gasteiger partial charge in [-0.05, 0) is 24.6 Å². The zero-order chi connectivity index (χ0) is 14.7. The summed E-state index contributed by atoms with van der Waals surface area (Å²) in [4.78, 5) is 16.6. The van der Waals surface area contributed by atoms with Crippen molar-refractivity contribution in [3.05, 3.63) is 44.4 Å². The predicted octanol–water partition coefficient (Wildman–Crippen LogP) is 1.53. The van der Waals surface area contributed by atoms with Crippen LogP contribution in [0.25, 0.3) is 0 Å². The van der Waals surface area contributed by atoms with E-state index in [-0.39, 0.29) is 10.8 Å². The standard InChI is InChI=1S/C15H19N3O2S/c19-14-13(21-15(20)17-14)10-11-4-1-2-5-12(11)18-8-3-6-16-7-9-18/h1-2,4-5,16,19H,3,6-10H2,(H,17,20). The van der Waals surface area contributed by atoms with Crippen molar-refractivity contribution in [3.63, 3.8) is 0 Å². The van der Waals surface area contributed by atoms with Gasteiger partial charge in [0.2, 0.25) is 5.88 Å². The van der Waals surface area contributed by atoms with Crippen molar-refractivity contribution in [2.75, 3.05) is 31.1 Å². The van der Waals surface area contributed by atoms with Crippen molar-refractivity contribution in [2.45, 2.75) is 12.8 Å². The Kier molecular flexibility index (Phi) is 4.26. The van der Waals surface area contributed by atoms with Gasteiger partial charge in [-0.3, -0.25) is 9.78 Å². The third-order valence-corrected chi connectivity index (χ3v) is 4.60. The maximum absolute atomic E-state index is 11.3. The largest absolute Gasteiger partial charge is 0.494 e. The van der Waals surface area contributed by atoms with Gasteiger partial charge in [-0.2, -0.15) is 0 Å². The van der Waals surface area contributed by atoms with Gasteiger partial charge in [0.25, 0.3) is 0 Å². The van der Waals surface area contributed by atoms with Crippen molar-refractivity contribution in [3.8, 4) is 5.88 Å². The van der Waals surface area contributed by atoms with Crippen molar-refractivity contribution in [2.24, 2.45) is 0 Å². The molecule has 1 aromatic heterocycles. The number of hydrogen-bond acceptors (Lipinski definition) is 5. The van der Waals surface area contributed by atoms with Gasteiger partial charge in [0.05, 0.1) is 4.88 Å². The van der Waals surface area contributed by atoms with Crippen molar-refractivity contribution >= 4 is 17.0 Å². The fourth-order valence-corrected chi connectivity index (χ4v) is 3.45. The van der Waals surface area contributed by atoms with Gasteiger partial charge in [0.15, 0.2) is 0 Å². The molecule has 0 atom stereocenters. The first-order chi connectivity index (χ1) is 10.2. The summed E-state index contributed by atoms with van der Waals surface area (Å²) in [6.45, 7) is 4.04. The van der Waals surface area contributed by atoms with E-state index in [1.165, 1.54) is 5.69 Å². The van der Waals surface area contributed by atoms with Crippen LogP contribution in [0.4, 0.5) is 5.69 Å². The molecule has 5 nitrogen and oxygen atoms in total. The fourth-order valence-electron chi connectivity index (χ4n) is 2.70. The molecule has 21 heavy (non-hydrogen) atoms. The number of aromatic nitrogens is 1. The summed E-state index contributed by atoms with van der Waals surface area (Å²) in [7, 11) is 0. The lowest BCUT2D eigenvalue weighted by Gasteiger charge is -2.25. The summed E-state index contributed by atoms with van der Waals surface area (Å²) in [5.41, 5.74) is 2.34. The molecule has 3 rings (SSSR count). The first-order valence-electron chi connectivity index (χ1n) is 7.18. The van der Waals surface area contributed by atoms with E-state index in [1.807, 2.05) is 12.1 Å². The molecule has 0 bridgehead atoms. The summed E-state index contributed by atoms with van der Waals surface area (Å²) in [5, 5.41) is 13.2. The highest BCUT2D eigenvalue weighted by Crippen LogP contribution is 2.27. The fraction of sp³-hybridized carbons (Fsp3) is 0.400. The number of nitrogens with zero attached hydrogens (tertiary/aromatic N) is 1. The molecule has 1 aliphatic heterocycles. The maximum Gasteiger partial charge on any atom is 0.307 e. The van der Waals surface area contributed by atoms with E-state index in [0.29, 0.717) is 11.3 Å². The number of thiazole rings is 1. The number of hydrogen-bond donors (Lipinski definition) is 3. The second kappa shape index (κ2) is 6.32. The summed E-state index contributed by atoms with van der Waals surface area (Å²) >= 11 is 1.08. The molecule has 1 saturated heterocycles. The molecule has 0 aliphatic carbocycles. The van der Waals surface area contributed by atoms with Crippen LogP contribution in [0.15, 0.2) is 29.1 Å². The summed E-state index contributed by atoms with van der Waals surface area (Å²) in [6, 6.07) is 8.22. The van der Waals surface area contributed by atoms with Crippen LogP contribution in [0, 0.1) is 0 Å². The predicted molar refractivity (Wildman–Crippen MR) is 85.6 cm³/mol. The van der Waals surface area contributed by atoms with Gasteiger partial charge in [-0.1, -0.05) is 29.5 Å². The monoisotopic (exact) mass is 305 g/mol. The molecule has 1 fully saturated rings. The molecule has 112 valence electrons. The average Bonchev–Trinajstić information content (AvgIpc) is 2.70. The van der Waals surface area contributed by atoms with Crippen molar-refractivity contribution in [1.82, 2.24) is 10.3 Å². The minimum Gasteiger partial charge on any atom is -0.494 e. The van der Waals surface area contributed by atoms with Crippen LogP contribution in [0.1, 0.15) is 16.9 Å². The summed E-state index contributed by atoms with van der Waals surface area (Å²) < 4.78 is 0. The van der Waals surface area contributed by atoms with E-state index in [9.17, 15) is 9.90 Å². The molecule has 3 N–H and O–H groups in total. The van der Waals surface area contributed by atoms with E-state index in [0.717, 1.165) is 49.5 Å². The molecule has 0 amide bonds. The van der Waals surface area contributed by atoms with Crippen LogP contribution < -0.4 is 15.1 Å². The maximum atomic E-state index is 11.3. The average molecular weight is 305 g/mol. The Balaban J connectivity index is 1.88. The Morgan fingerprint density at radius 2 is 2.10 bits per heavy atom. The minimum absolute atomic E-state index is 0.00247. The quantitative estimate of drug-likeness (QED) is 0.804. The number of para-hydroxylation sites is 1. The van der Waals surface area contributed by atoms with Gasteiger partial charge >= 0.3 is 4.87 Å². The van der Waals surface area contributed by atoms with Gasteiger partial charge in [0, 0.05) is 31.7 Å². The molecule has 0 spiro atoms. The Labute approximate surface area is 127 Å². The lowest BCUT2D eigenvalue weighted by atomic mass is 10.1. The van der Waals surface area contributed by atoms with E-state index in [2.05, 4.69) is 27.3 Å². The molecular formula is C15H19N3O2S. The van der Waals surface area contributed by atoms with Gasteiger partial charge in [-0.15, -0.1) is 0 Å². The molecule has 0 radical (unpaired) electrons. The lowest BCUT2D eigenvalue weighted by Crippen LogP contribution is -2.28. The first-order valence-corrected chi connectivity index (χ1v) is 8.00. The smallest absolute Gasteiger partial charge is 0.307 e. The van der Waals surface area contributed by atoms with Crippen molar-refractivity contribution < 1.29 is 5.11 Å². The molecule has 0 unspecified atom stereocenters. The number of rotatable bonds is 3. The SMILES string of the molecule is O=c1[nH]c(O)c(Cc2ccccc2N2CCCNCC2)s1. The third kappa shape index (κ3) is 3.28. The highest BCUT2D eigenvalue weighted by Gasteiger charge is 2.15. The van der Waals surface area contributed by atoms with Crippen LogP contribution in [0.5, 0.6) is 5.88 Å². The van der Waals surface area contributed by atoms with E-state index < -0.39 is 0 Å². The molecular weight excluding hydrogens is 286 g/mol. The summed E-state index contributed by atoms with van der Waals surface area (Å²) in [6.07, 6.45) is 1.70. The molecule has 2 heterocycles. The lowest BCUT2D eigenvalue weighted by molar-refractivity contribution is 0.451. The second-order valence-corrected chi connectivity index (χ2v) is 6.25. The van der Waals surface area contributed by atoms with Crippen LogP contribution >= 0.6 is 11.3 Å². The number of H-pyrrole nitrogens is 1. The number of nitrogens with one attached hydrogen (secondary N) is 2. The second-order valence-electron chi connectivity index (χ2n) is 5.18.